The standard InChI is InChI=1S/C27H24O6/c1-17(2)25(28)31-15-19-6-11-24(12-7-19)33-27(30)23-10-9-21-13-20(5-8-22(21)14-23)16-32-26(29)18(3)4/h5-14H,1,3,15-16H2,2,4H3. The van der Waals surface area contributed by atoms with E-state index in [1.807, 2.05) is 24.3 Å². The zero-order chi connectivity index (χ0) is 24.0. The lowest BCUT2D eigenvalue weighted by molar-refractivity contribution is -0.141. The molecule has 0 aromatic heterocycles. The lowest BCUT2D eigenvalue weighted by atomic mass is 10.0. The fourth-order valence-corrected chi connectivity index (χ4v) is 2.88. The number of rotatable bonds is 8. The Bertz CT molecular complexity index is 1240. The number of carbonyl (C=O) groups is 3. The van der Waals surface area contributed by atoms with E-state index in [9.17, 15) is 14.4 Å². The fourth-order valence-electron chi connectivity index (χ4n) is 2.88. The molecule has 0 radical (unpaired) electrons. The van der Waals surface area contributed by atoms with Crippen molar-refractivity contribution in [3.05, 3.63) is 102 Å². The molecule has 0 N–H and O–H groups in total. The van der Waals surface area contributed by atoms with Gasteiger partial charge in [0.15, 0.2) is 0 Å². The maximum atomic E-state index is 12.6. The predicted octanol–water partition coefficient (Wildman–Crippen LogP) is 5.30. The summed E-state index contributed by atoms with van der Waals surface area (Å²) >= 11 is 0. The Balaban J connectivity index is 1.63. The van der Waals surface area contributed by atoms with E-state index >= 15 is 0 Å². The summed E-state index contributed by atoms with van der Waals surface area (Å²) in [5, 5.41) is 1.76. The molecule has 0 spiro atoms. The molecule has 0 heterocycles. The smallest absolute Gasteiger partial charge is 0.343 e. The topological polar surface area (TPSA) is 78.9 Å². The van der Waals surface area contributed by atoms with Crippen LogP contribution in [0.15, 0.2) is 85.0 Å². The highest BCUT2D eigenvalue weighted by Crippen LogP contribution is 2.21. The van der Waals surface area contributed by atoms with Gasteiger partial charge in [0.2, 0.25) is 0 Å². The summed E-state index contributed by atoms with van der Waals surface area (Å²) in [5.74, 6) is -1.00. The number of hydrogen-bond donors (Lipinski definition) is 0. The lowest BCUT2D eigenvalue weighted by Gasteiger charge is -2.09. The van der Waals surface area contributed by atoms with Crippen LogP contribution in [0, 0.1) is 0 Å². The van der Waals surface area contributed by atoms with Crippen LogP contribution in [0.1, 0.15) is 35.3 Å². The first kappa shape index (κ1) is 23.5. The zero-order valence-electron chi connectivity index (χ0n) is 18.6. The number of esters is 3. The minimum absolute atomic E-state index is 0.110. The minimum atomic E-state index is -0.488. The highest BCUT2D eigenvalue weighted by Gasteiger charge is 2.11. The molecule has 0 bridgehead atoms. The molecular weight excluding hydrogens is 420 g/mol. The second-order valence-corrected chi connectivity index (χ2v) is 7.64. The Morgan fingerprint density at radius 2 is 1.21 bits per heavy atom. The summed E-state index contributed by atoms with van der Waals surface area (Å²) in [5.41, 5.74) is 2.68. The maximum absolute atomic E-state index is 12.6. The summed E-state index contributed by atoms with van der Waals surface area (Å²) in [4.78, 5) is 35.6. The number of fused-ring (bicyclic) bond motifs is 1. The molecule has 6 heteroatoms. The zero-order valence-corrected chi connectivity index (χ0v) is 18.6. The van der Waals surface area contributed by atoms with E-state index < -0.39 is 17.9 Å². The molecule has 0 saturated carbocycles. The molecule has 0 aliphatic rings. The Kier molecular flexibility index (Phi) is 7.41. The molecule has 6 nitrogen and oxygen atoms in total. The molecule has 3 aromatic carbocycles. The van der Waals surface area contributed by atoms with Gasteiger partial charge in [0.1, 0.15) is 19.0 Å². The van der Waals surface area contributed by atoms with Gasteiger partial charge in [0, 0.05) is 11.1 Å². The van der Waals surface area contributed by atoms with Gasteiger partial charge in [0.05, 0.1) is 5.56 Å². The van der Waals surface area contributed by atoms with Crippen molar-refractivity contribution in [2.45, 2.75) is 27.1 Å². The number of benzene rings is 3. The van der Waals surface area contributed by atoms with E-state index in [-0.39, 0.29) is 13.2 Å². The molecule has 0 fully saturated rings. The molecule has 168 valence electrons. The molecule has 3 aromatic rings. The highest BCUT2D eigenvalue weighted by atomic mass is 16.5. The minimum Gasteiger partial charge on any atom is -0.457 e. The first-order valence-corrected chi connectivity index (χ1v) is 10.2. The molecule has 0 unspecified atom stereocenters. The van der Waals surface area contributed by atoms with Crippen LogP contribution in [-0.2, 0) is 32.3 Å². The van der Waals surface area contributed by atoms with Gasteiger partial charge >= 0.3 is 17.9 Å². The number of ether oxygens (including phenoxy) is 3. The number of hydrogen-bond acceptors (Lipinski definition) is 6. The van der Waals surface area contributed by atoms with Crippen molar-refractivity contribution in [1.29, 1.82) is 0 Å². The van der Waals surface area contributed by atoms with Crippen molar-refractivity contribution in [1.82, 2.24) is 0 Å². The van der Waals surface area contributed by atoms with Crippen molar-refractivity contribution < 1.29 is 28.6 Å². The van der Waals surface area contributed by atoms with Crippen molar-refractivity contribution in [2.75, 3.05) is 0 Å². The van der Waals surface area contributed by atoms with Gasteiger partial charge in [0.25, 0.3) is 0 Å². The normalized spacial score (nSPS) is 10.4. The first-order chi connectivity index (χ1) is 15.7. The third kappa shape index (κ3) is 6.40. The third-order valence-electron chi connectivity index (χ3n) is 4.71. The molecule has 0 saturated heterocycles. The van der Waals surface area contributed by atoms with Crippen LogP contribution in [0.5, 0.6) is 5.75 Å². The second-order valence-electron chi connectivity index (χ2n) is 7.64. The van der Waals surface area contributed by atoms with Crippen LogP contribution in [0.25, 0.3) is 10.8 Å². The van der Waals surface area contributed by atoms with Crippen molar-refractivity contribution in [3.8, 4) is 5.75 Å². The molecule has 0 atom stereocenters. The Hall–Kier alpha value is -4.19. The van der Waals surface area contributed by atoms with Crippen LogP contribution < -0.4 is 4.74 Å². The summed E-state index contributed by atoms with van der Waals surface area (Å²) in [6.07, 6.45) is 0. The molecular formula is C27H24O6. The van der Waals surface area contributed by atoms with Crippen molar-refractivity contribution in [3.63, 3.8) is 0 Å². The van der Waals surface area contributed by atoms with Gasteiger partial charge in [-0.25, -0.2) is 14.4 Å². The second kappa shape index (κ2) is 10.4. The molecule has 33 heavy (non-hydrogen) atoms. The molecule has 0 amide bonds. The SMILES string of the molecule is C=C(C)C(=O)OCc1ccc(OC(=O)c2ccc3cc(COC(=O)C(=C)C)ccc3c2)cc1. The Morgan fingerprint density at radius 1 is 0.697 bits per heavy atom. The fraction of sp³-hybridized carbons (Fsp3) is 0.148. The van der Waals surface area contributed by atoms with Crippen LogP contribution in [0.3, 0.4) is 0 Å². The summed E-state index contributed by atoms with van der Waals surface area (Å²) in [7, 11) is 0. The summed E-state index contributed by atoms with van der Waals surface area (Å²) < 4.78 is 15.7. The molecule has 0 aliphatic carbocycles. The van der Waals surface area contributed by atoms with Gasteiger partial charge in [-0.2, -0.15) is 0 Å². The first-order valence-electron chi connectivity index (χ1n) is 10.2. The number of carbonyl (C=O) groups excluding carboxylic acids is 3. The highest BCUT2D eigenvalue weighted by molar-refractivity contribution is 5.96. The molecule has 0 aliphatic heterocycles. The van der Waals surface area contributed by atoms with E-state index in [0.717, 1.165) is 21.9 Å². The summed E-state index contributed by atoms with van der Waals surface area (Å²) in [6, 6.07) is 17.5. The van der Waals surface area contributed by atoms with Gasteiger partial charge in [-0.05, 0) is 66.1 Å². The largest absolute Gasteiger partial charge is 0.457 e. The average molecular weight is 444 g/mol. The Labute approximate surface area is 192 Å². The van der Waals surface area contributed by atoms with Crippen LogP contribution in [0.4, 0.5) is 0 Å². The van der Waals surface area contributed by atoms with Crippen molar-refractivity contribution >= 4 is 28.7 Å². The monoisotopic (exact) mass is 444 g/mol. The van der Waals surface area contributed by atoms with E-state index in [2.05, 4.69) is 13.2 Å². The van der Waals surface area contributed by atoms with E-state index in [1.54, 1.807) is 50.2 Å². The van der Waals surface area contributed by atoms with Gasteiger partial charge < -0.3 is 14.2 Å². The van der Waals surface area contributed by atoms with Gasteiger partial charge in [-0.15, -0.1) is 0 Å². The van der Waals surface area contributed by atoms with Crippen LogP contribution in [0.2, 0.25) is 0 Å². The third-order valence-corrected chi connectivity index (χ3v) is 4.71. The van der Waals surface area contributed by atoms with Gasteiger partial charge in [-0.3, -0.25) is 0 Å². The van der Waals surface area contributed by atoms with Gasteiger partial charge in [-0.1, -0.05) is 43.5 Å². The quantitative estimate of drug-likeness (QED) is 0.267. The van der Waals surface area contributed by atoms with Crippen molar-refractivity contribution in [2.24, 2.45) is 0 Å². The predicted molar refractivity (Wildman–Crippen MR) is 125 cm³/mol. The average Bonchev–Trinajstić information content (AvgIpc) is 2.81. The summed E-state index contributed by atoms with van der Waals surface area (Å²) in [6.45, 7) is 10.5. The van der Waals surface area contributed by atoms with Crippen LogP contribution >= 0.6 is 0 Å². The lowest BCUT2D eigenvalue weighted by Crippen LogP contribution is -2.08. The van der Waals surface area contributed by atoms with E-state index in [0.29, 0.717) is 22.5 Å². The molecule has 3 rings (SSSR count). The Morgan fingerprint density at radius 3 is 1.82 bits per heavy atom. The maximum Gasteiger partial charge on any atom is 0.343 e. The van der Waals surface area contributed by atoms with E-state index in [4.69, 9.17) is 14.2 Å². The van der Waals surface area contributed by atoms with Crippen LogP contribution in [-0.4, -0.2) is 17.9 Å². The van der Waals surface area contributed by atoms with E-state index in [1.165, 1.54) is 0 Å².